The van der Waals surface area contributed by atoms with Gasteiger partial charge in [0.15, 0.2) is 0 Å². The molecule has 2 aromatic carbocycles. The van der Waals surface area contributed by atoms with E-state index in [1.165, 1.54) is 36.1 Å². The number of amides is 2. The Morgan fingerprint density at radius 1 is 0.939 bits per heavy atom. The molecule has 2 aliphatic rings. The van der Waals surface area contributed by atoms with Crippen molar-refractivity contribution in [2.75, 3.05) is 43.4 Å². The first-order chi connectivity index (χ1) is 15.8. The van der Waals surface area contributed by atoms with E-state index < -0.39 is 11.8 Å². The lowest BCUT2D eigenvalue weighted by atomic mass is 9.98. The molecule has 1 atom stereocenters. The van der Waals surface area contributed by atoms with Gasteiger partial charge < -0.3 is 15.5 Å². The van der Waals surface area contributed by atoms with Crippen molar-refractivity contribution in [1.82, 2.24) is 10.2 Å². The highest BCUT2D eigenvalue weighted by molar-refractivity contribution is 6.39. The highest BCUT2D eigenvalue weighted by Crippen LogP contribution is 2.32. The number of rotatable bonds is 5. The largest absolute Gasteiger partial charge is 0.374 e. The molecule has 1 saturated heterocycles. The van der Waals surface area contributed by atoms with Crippen LogP contribution in [0, 0.1) is 20.8 Å². The summed E-state index contributed by atoms with van der Waals surface area (Å²) in [6.07, 6.45) is 4.65. The van der Waals surface area contributed by atoms with Crippen LogP contribution in [-0.2, 0) is 16.0 Å². The number of anilines is 2. The maximum Gasteiger partial charge on any atom is 0.313 e. The average molecular weight is 449 g/mol. The number of carbonyl (C=O) groups excluding carboxylic acids is 2. The topological polar surface area (TPSA) is 64.7 Å². The number of carbonyl (C=O) groups is 2. The number of nitrogens with zero attached hydrogens (tertiary/aromatic N) is 2. The van der Waals surface area contributed by atoms with Gasteiger partial charge in [-0.1, -0.05) is 36.2 Å². The zero-order valence-corrected chi connectivity index (χ0v) is 20.3. The molecule has 176 valence electrons. The van der Waals surface area contributed by atoms with Crippen molar-refractivity contribution in [1.29, 1.82) is 0 Å². The van der Waals surface area contributed by atoms with Crippen LogP contribution in [0.5, 0.6) is 0 Å². The van der Waals surface area contributed by atoms with Crippen LogP contribution < -0.4 is 15.5 Å². The molecule has 2 N–H and O–H groups in total. The van der Waals surface area contributed by atoms with Crippen LogP contribution in [0.25, 0.3) is 0 Å². The second-order valence-corrected chi connectivity index (χ2v) is 9.61. The molecule has 4 rings (SSSR count). The molecule has 0 radical (unpaired) electrons. The number of benzene rings is 2. The first-order valence-corrected chi connectivity index (χ1v) is 12.1. The summed E-state index contributed by atoms with van der Waals surface area (Å²) in [5, 5.41) is 5.74. The number of hydrogen-bond acceptors (Lipinski definition) is 4. The average Bonchev–Trinajstić information content (AvgIpc) is 3.17. The molecule has 6 heteroatoms. The molecule has 6 nitrogen and oxygen atoms in total. The van der Waals surface area contributed by atoms with Crippen molar-refractivity contribution < 1.29 is 9.59 Å². The van der Waals surface area contributed by atoms with Crippen molar-refractivity contribution in [2.45, 2.75) is 52.5 Å². The number of nitrogens with one attached hydrogen (secondary N) is 2. The maximum absolute atomic E-state index is 12.7. The van der Waals surface area contributed by atoms with Gasteiger partial charge in [-0.3, -0.25) is 14.5 Å². The van der Waals surface area contributed by atoms with Gasteiger partial charge in [-0.25, -0.2) is 0 Å². The Kier molecular flexibility index (Phi) is 7.03. The molecular formula is C27H36N4O2. The Morgan fingerprint density at radius 2 is 1.64 bits per heavy atom. The number of fused-ring (bicyclic) bond motifs is 1. The molecular weight excluding hydrogens is 412 g/mol. The third-order valence-corrected chi connectivity index (χ3v) is 7.03. The van der Waals surface area contributed by atoms with Crippen molar-refractivity contribution in [3.63, 3.8) is 0 Å². The van der Waals surface area contributed by atoms with Gasteiger partial charge >= 0.3 is 11.8 Å². The Labute approximate surface area is 197 Å². The van der Waals surface area contributed by atoms with Gasteiger partial charge in [0.1, 0.15) is 0 Å². The van der Waals surface area contributed by atoms with Gasteiger partial charge in [-0.05, 0) is 81.4 Å². The molecule has 0 aliphatic carbocycles. The van der Waals surface area contributed by atoms with Crippen LogP contribution in [0.15, 0.2) is 30.3 Å². The SMILES string of the molecule is Cc1cc(C)c(NC(=O)C(=O)NCC(c2ccc3c(c2)CCN3C)N2CCCCC2)c(C)c1. The molecule has 1 unspecified atom stereocenters. The van der Waals surface area contributed by atoms with Crippen LogP contribution in [0.2, 0.25) is 0 Å². The minimum atomic E-state index is -0.613. The quantitative estimate of drug-likeness (QED) is 0.682. The summed E-state index contributed by atoms with van der Waals surface area (Å²) in [4.78, 5) is 30.2. The van der Waals surface area contributed by atoms with Crippen LogP contribution in [0.3, 0.4) is 0 Å². The number of likely N-dealkylation sites (tertiary alicyclic amines) is 1. The fourth-order valence-electron chi connectivity index (χ4n) is 5.30. The van der Waals surface area contributed by atoms with E-state index in [0.29, 0.717) is 6.54 Å². The molecule has 2 amide bonds. The van der Waals surface area contributed by atoms with Crippen LogP contribution in [-0.4, -0.2) is 49.9 Å². The van der Waals surface area contributed by atoms with Gasteiger partial charge in [-0.2, -0.15) is 0 Å². The summed E-state index contributed by atoms with van der Waals surface area (Å²) in [7, 11) is 2.13. The van der Waals surface area contributed by atoms with Gasteiger partial charge in [0.05, 0.1) is 6.04 Å². The van der Waals surface area contributed by atoms with E-state index >= 15 is 0 Å². The second kappa shape index (κ2) is 9.96. The van der Waals surface area contributed by atoms with E-state index in [4.69, 9.17) is 0 Å². The smallest absolute Gasteiger partial charge is 0.313 e. The van der Waals surface area contributed by atoms with Crippen LogP contribution in [0.1, 0.15) is 53.1 Å². The summed E-state index contributed by atoms with van der Waals surface area (Å²) < 4.78 is 0. The third-order valence-electron chi connectivity index (χ3n) is 7.03. The van der Waals surface area contributed by atoms with Crippen molar-refractivity contribution in [2.24, 2.45) is 0 Å². The first-order valence-electron chi connectivity index (χ1n) is 12.1. The lowest BCUT2D eigenvalue weighted by Crippen LogP contribution is -2.43. The number of aryl methyl sites for hydroxylation is 3. The Bertz CT molecular complexity index is 1020. The van der Waals surface area contributed by atoms with Crippen molar-refractivity contribution >= 4 is 23.2 Å². The zero-order chi connectivity index (χ0) is 23.5. The first kappa shape index (κ1) is 23.3. The van der Waals surface area contributed by atoms with Gasteiger partial charge in [0, 0.05) is 31.5 Å². The minimum Gasteiger partial charge on any atom is -0.374 e. The summed E-state index contributed by atoms with van der Waals surface area (Å²) >= 11 is 0. The number of hydrogen-bond donors (Lipinski definition) is 2. The predicted octanol–water partition coefficient (Wildman–Crippen LogP) is 3.89. The van der Waals surface area contributed by atoms with Gasteiger partial charge in [-0.15, -0.1) is 0 Å². The summed E-state index contributed by atoms with van der Waals surface area (Å²) in [6.45, 7) is 9.43. The Morgan fingerprint density at radius 3 is 2.33 bits per heavy atom. The van der Waals surface area contributed by atoms with Crippen molar-refractivity contribution in [3.8, 4) is 0 Å². The highest BCUT2D eigenvalue weighted by atomic mass is 16.2. The van der Waals surface area contributed by atoms with E-state index in [9.17, 15) is 9.59 Å². The molecule has 0 aromatic heterocycles. The van der Waals surface area contributed by atoms with E-state index in [-0.39, 0.29) is 6.04 Å². The molecule has 1 fully saturated rings. The zero-order valence-electron chi connectivity index (χ0n) is 20.3. The van der Waals surface area contributed by atoms with E-state index in [2.05, 4.69) is 45.7 Å². The third kappa shape index (κ3) is 5.22. The van der Waals surface area contributed by atoms with Gasteiger partial charge in [0.25, 0.3) is 0 Å². The second-order valence-electron chi connectivity index (χ2n) is 9.61. The fourth-order valence-corrected chi connectivity index (χ4v) is 5.30. The molecule has 0 bridgehead atoms. The number of piperidine rings is 1. The minimum absolute atomic E-state index is 0.0705. The summed E-state index contributed by atoms with van der Waals surface area (Å²) in [6, 6.07) is 10.8. The normalized spacial score (nSPS) is 16.9. The molecule has 33 heavy (non-hydrogen) atoms. The molecule has 0 spiro atoms. The Hall–Kier alpha value is -2.86. The summed E-state index contributed by atoms with van der Waals surface area (Å²) in [5.41, 5.74) is 7.66. The summed E-state index contributed by atoms with van der Waals surface area (Å²) in [5.74, 6) is -1.20. The highest BCUT2D eigenvalue weighted by Gasteiger charge is 2.26. The standard InChI is InChI=1S/C27H36N4O2/c1-18-14-19(2)25(20(3)15-18)29-27(33)26(32)28-17-24(31-11-6-5-7-12-31)21-8-9-23-22(16-21)10-13-30(23)4/h8-9,14-16,24H,5-7,10-13,17H2,1-4H3,(H,28,32)(H,29,33). The predicted molar refractivity (Wildman–Crippen MR) is 134 cm³/mol. The lowest BCUT2D eigenvalue weighted by molar-refractivity contribution is -0.136. The molecule has 2 aliphatic heterocycles. The lowest BCUT2D eigenvalue weighted by Gasteiger charge is -2.35. The van der Waals surface area contributed by atoms with Crippen LogP contribution in [0.4, 0.5) is 11.4 Å². The molecule has 0 saturated carbocycles. The van der Waals surface area contributed by atoms with Crippen molar-refractivity contribution in [3.05, 3.63) is 58.1 Å². The Balaban J connectivity index is 1.47. The van der Waals surface area contributed by atoms with E-state index in [1.54, 1.807) is 0 Å². The maximum atomic E-state index is 12.7. The van der Waals surface area contributed by atoms with E-state index in [0.717, 1.165) is 48.4 Å². The van der Waals surface area contributed by atoms with E-state index in [1.807, 2.05) is 32.9 Å². The number of likely N-dealkylation sites (N-methyl/N-ethyl adjacent to an activating group) is 1. The fraction of sp³-hybridized carbons (Fsp3) is 0.481. The molecule has 2 heterocycles. The van der Waals surface area contributed by atoms with Gasteiger partial charge in [0.2, 0.25) is 0 Å². The van der Waals surface area contributed by atoms with Crippen LogP contribution >= 0.6 is 0 Å². The monoisotopic (exact) mass is 448 g/mol. The molecule has 2 aromatic rings.